The van der Waals surface area contributed by atoms with Gasteiger partial charge in [0.05, 0.1) is 41.3 Å². The van der Waals surface area contributed by atoms with E-state index in [2.05, 4.69) is 17.5 Å². The number of amides is 1. The first-order valence-corrected chi connectivity index (χ1v) is 10.3. The Hall–Kier alpha value is -4.48. The molecule has 32 heavy (non-hydrogen) atoms. The van der Waals surface area contributed by atoms with Crippen LogP contribution >= 0.6 is 0 Å². The van der Waals surface area contributed by atoms with Gasteiger partial charge in [-0.1, -0.05) is 78.9 Å². The highest BCUT2D eigenvalue weighted by Crippen LogP contribution is 2.30. The van der Waals surface area contributed by atoms with E-state index >= 15 is 0 Å². The van der Waals surface area contributed by atoms with Crippen LogP contribution in [0.5, 0.6) is 0 Å². The van der Waals surface area contributed by atoms with E-state index in [1.54, 1.807) is 0 Å². The maximum Gasteiger partial charge on any atom is 0.252 e. The van der Waals surface area contributed by atoms with Crippen LogP contribution in [0.1, 0.15) is 27.4 Å². The molecule has 5 heteroatoms. The fraction of sp³-hybridized carbons (Fsp3) is 0.111. The Labute approximate surface area is 186 Å². The highest BCUT2D eigenvalue weighted by molar-refractivity contribution is 6.09. The summed E-state index contributed by atoms with van der Waals surface area (Å²) in [7, 11) is 0. The second kappa shape index (κ2) is 9.55. The standard InChI is InChI=1S/C27H20N4O/c28-16-15-23-25(27(32)30-18-21(17-29)19-9-3-1-4-10-19)22-13-7-8-14-24(22)31-26(23)20-11-5-2-6-12-20/h1-14,21H,15,18H2,(H,30,32). The summed E-state index contributed by atoms with van der Waals surface area (Å²) in [6.07, 6.45) is 0.0468. The lowest BCUT2D eigenvalue weighted by Crippen LogP contribution is -2.29. The van der Waals surface area contributed by atoms with Crippen molar-refractivity contribution in [1.82, 2.24) is 10.3 Å². The zero-order valence-electron chi connectivity index (χ0n) is 17.3. The number of hydrogen-bond acceptors (Lipinski definition) is 4. The molecule has 1 atom stereocenters. The number of nitriles is 2. The SMILES string of the molecule is N#CCc1c(-c2ccccc2)nc2ccccc2c1C(=O)NCC(C#N)c1ccccc1. The molecule has 1 heterocycles. The molecule has 1 unspecified atom stereocenters. The van der Waals surface area contributed by atoms with Gasteiger partial charge in [-0.05, 0) is 11.6 Å². The Balaban J connectivity index is 1.78. The second-order valence-corrected chi connectivity index (χ2v) is 7.33. The fourth-order valence-electron chi connectivity index (χ4n) is 3.80. The summed E-state index contributed by atoms with van der Waals surface area (Å²) >= 11 is 0. The van der Waals surface area contributed by atoms with Crippen LogP contribution in [0, 0.1) is 22.7 Å². The third kappa shape index (κ3) is 4.19. The number of nitrogens with one attached hydrogen (secondary N) is 1. The molecule has 0 aliphatic carbocycles. The van der Waals surface area contributed by atoms with Crippen molar-refractivity contribution >= 4 is 16.8 Å². The van der Waals surface area contributed by atoms with Crippen molar-refractivity contribution in [2.75, 3.05) is 6.54 Å². The number of nitrogens with zero attached hydrogens (tertiary/aromatic N) is 3. The van der Waals surface area contributed by atoms with Gasteiger partial charge in [-0.3, -0.25) is 4.79 Å². The van der Waals surface area contributed by atoms with E-state index in [-0.39, 0.29) is 18.9 Å². The van der Waals surface area contributed by atoms with Gasteiger partial charge in [0.1, 0.15) is 0 Å². The zero-order chi connectivity index (χ0) is 22.3. The number of fused-ring (bicyclic) bond motifs is 1. The third-order valence-corrected chi connectivity index (χ3v) is 5.35. The molecule has 5 nitrogen and oxygen atoms in total. The molecule has 0 aliphatic rings. The van der Waals surface area contributed by atoms with E-state index in [1.807, 2.05) is 84.9 Å². The minimum Gasteiger partial charge on any atom is -0.350 e. The van der Waals surface area contributed by atoms with Crippen LogP contribution in [0.2, 0.25) is 0 Å². The molecular weight excluding hydrogens is 396 g/mol. The molecule has 0 saturated carbocycles. The molecule has 1 N–H and O–H groups in total. The number of benzene rings is 3. The number of carbonyl (C=O) groups is 1. The molecule has 0 aliphatic heterocycles. The highest BCUT2D eigenvalue weighted by Gasteiger charge is 2.22. The third-order valence-electron chi connectivity index (χ3n) is 5.35. The maximum absolute atomic E-state index is 13.4. The molecule has 0 bridgehead atoms. The number of carbonyl (C=O) groups excluding carboxylic acids is 1. The lowest BCUT2D eigenvalue weighted by Gasteiger charge is -2.17. The number of hydrogen-bond donors (Lipinski definition) is 1. The predicted octanol–water partition coefficient (Wildman–Crippen LogP) is 5.01. The van der Waals surface area contributed by atoms with Gasteiger partial charge in [-0.2, -0.15) is 10.5 Å². The number of pyridine rings is 1. The van der Waals surface area contributed by atoms with Crippen molar-refractivity contribution in [2.24, 2.45) is 0 Å². The lowest BCUT2D eigenvalue weighted by molar-refractivity contribution is 0.0953. The smallest absolute Gasteiger partial charge is 0.252 e. The number of para-hydroxylation sites is 1. The van der Waals surface area contributed by atoms with Crippen molar-refractivity contribution in [3.63, 3.8) is 0 Å². The van der Waals surface area contributed by atoms with Gasteiger partial charge in [0.15, 0.2) is 0 Å². The Bertz CT molecular complexity index is 1340. The predicted molar refractivity (Wildman–Crippen MR) is 124 cm³/mol. The molecule has 0 radical (unpaired) electrons. The van der Waals surface area contributed by atoms with Gasteiger partial charge in [0, 0.05) is 23.1 Å². The average Bonchev–Trinajstić information content (AvgIpc) is 2.85. The van der Waals surface area contributed by atoms with Crippen LogP contribution < -0.4 is 5.32 Å². The van der Waals surface area contributed by atoms with Crippen LogP contribution in [0.15, 0.2) is 84.9 Å². The molecule has 0 saturated heterocycles. The fourth-order valence-corrected chi connectivity index (χ4v) is 3.80. The van der Waals surface area contributed by atoms with Gasteiger partial charge in [0.2, 0.25) is 0 Å². The minimum atomic E-state index is -0.471. The molecule has 0 fully saturated rings. The highest BCUT2D eigenvalue weighted by atomic mass is 16.1. The lowest BCUT2D eigenvalue weighted by atomic mass is 9.94. The topological polar surface area (TPSA) is 89.6 Å². The van der Waals surface area contributed by atoms with Crippen LogP contribution in [0.4, 0.5) is 0 Å². The zero-order valence-corrected chi connectivity index (χ0v) is 17.3. The molecule has 4 aromatic rings. The maximum atomic E-state index is 13.4. The summed E-state index contributed by atoms with van der Waals surface area (Å²) in [5.74, 6) is -0.788. The monoisotopic (exact) mass is 416 g/mol. The van der Waals surface area contributed by atoms with Crippen LogP contribution in [-0.4, -0.2) is 17.4 Å². The van der Waals surface area contributed by atoms with Crippen molar-refractivity contribution in [1.29, 1.82) is 10.5 Å². The first kappa shape index (κ1) is 20.8. The Kier molecular flexibility index (Phi) is 6.20. The molecule has 3 aromatic carbocycles. The van der Waals surface area contributed by atoms with Crippen molar-refractivity contribution in [3.8, 4) is 23.4 Å². The van der Waals surface area contributed by atoms with Gasteiger partial charge >= 0.3 is 0 Å². The van der Waals surface area contributed by atoms with E-state index in [9.17, 15) is 15.3 Å². The first-order valence-electron chi connectivity index (χ1n) is 10.3. The summed E-state index contributed by atoms with van der Waals surface area (Å²) in [5.41, 5.74) is 4.01. The largest absolute Gasteiger partial charge is 0.350 e. The average molecular weight is 416 g/mol. The molecule has 0 spiro atoms. The molecule has 154 valence electrons. The summed E-state index contributed by atoms with van der Waals surface area (Å²) in [6.45, 7) is 0.169. The van der Waals surface area contributed by atoms with Gasteiger partial charge < -0.3 is 5.32 Å². The second-order valence-electron chi connectivity index (χ2n) is 7.33. The van der Waals surface area contributed by atoms with Gasteiger partial charge in [-0.25, -0.2) is 4.98 Å². The number of rotatable bonds is 6. The van der Waals surface area contributed by atoms with E-state index in [4.69, 9.17) is 4.98 Å². The summed E-state index contributed by atoms with van der Waals surface area (Å²) in [5, 5.41) is 22.7. The molecular formula is C27H20N4O. The van der Waals surface area contributed by atoms with Gasteiger partial charge in [-0.15, -0.1) is 0 Å². The van der Waals surface area contributed by atoms with Crippen molar-refractivity contribution < 1.29 is 4.79 Å². The number of aromatic nitrogens is 1. The first-order chi connectivity index (χ1) is 15.7. The van der Waals surface area contributed by atoms with Crippen molar-refractivity contribution in [3.05, 3.63) is 102 Å². The Morgan fingerprint density at radius 1 is 0.906 bits per heavy atom. The van der Waals surface area contributed by atoms with Crippen LogP contribution in [-0.2, 0) is 6.42 Å². The van der Waals surface area contributed by atoms with E-state index in [0.717, 1.165) is 11.1 Å². The normalized spacial score (nSPS) is 11.3. The van der Waals surface area contributed by atoms with E-state index in [0.29, 0.717) is 27.7 Å². The molecule has 1 amide bonds. The molecule has 1 aromatic heterocycles. The van der Waals surface area contributed by atoms with Crippen LogP contribution in [0.25, 0.3) is 22.2 Å². The summed E-state index contributed by atoms with van der Waals surface area (Å²) < 4.78 is 0. The van der Waals surface area contributed by atoms with E-state index < -0.39 is 5.92 Å². The summed E-state index contributed by atoms with van der Waals surface area (Å²) in [4.78, 5) is 18.2. The molecule has 4 rings (SSSR count). The minimum absolute atomic E-state index is 0.0468. The Morgan fingerprint density at radius 3 is 2.25 bits per heavy atom. The van der Waals surface area contributed by atoms with Gasteiger partial charge in [0.25, 0.3) is 5.91 Å². The van der Waals surface area contributed by atoms with Crippen molar-refractivity contribution in [2.45, 2.75) is 12.3 Å². The van der Waals surface area contributed by atoms with E-state index in [1.165, 1.54) is 0 Å². The Morgan fingerprint density at radius 2 is 1.56 bits per heavy atom. The quantitative estimate of drug-likeness (QED) is 0.479. The summed E-state index contributed by atoms with van der Waals surface area (Å²) in [6, 6.07) is 30.8. The van der Waals surface area contributed by atoms with Crippen LogP contribution in [0.3, 0.4) is 0 Å².